The minimum Gasteiger partial charge on any atom is -0.398 e. The summed E-state index contributed by atoms with van der Waals surface area (Å²) in [6.07, 6.45) is 2.58. The molecule has 106 valence electrons. The van der Waals surface area contributed by atoms with Crippen molar-refractivity contribution in [3.05, 3.63) is 28.8 Å². The Labute approximate surface area is 121 Å². The van der Waals surface area contributed by atoms with Gasteiger partial charge in [-0.25, -0.2) is 0 Å². The van der Waals surface area contributed by atoms with Gasteiger partial charge in [0.2, 0.25) is 0 Å². The second kappa shape index (κ2) is 5.72. The molecule has 0 bridgehead atoms. The van der Waals surface area contributed by atoms with Crippen molar-refractivity contribution in [3.8, 4) is 0 Å². The maximum absolute atomic E-state index is 6.02. The van der Waals surface area contributed by atoms with E-state index in [0.29, 0.717) is 10.4 Å². The van der Waals surface area contributed by atoms with Gasteiger partial charge in [-0.15, -0.1) is 0 Å². The van der Waals surface area contributed by atoms with Crippen molar-refractivity contribution in [1.82, 2.24) is 4.90 Å². The van der Waals surface area contributed by atoms with Gasteiger partial charge in [0.05, 0.1) is 0 Å². The normalized spacial score (nSPS) is 18.7. The molecule has 0 unspecified atom stereocenters. The first kappa shape index (κ1) is 14.7. The number of halogens is 1. The number of nitrogens with two attached hydrogens (primary N) is 1. The molecular formula is C16H25ClN2. The van der Waals surface area contributed by atoms with Gasteiger partial charge in [-0.1, -0.05) is 38.4 Å². The summed E-state index contributed by atoms with van der Waals surface area (Å²) in [4.78, 5) is 2.50. The lowest BCUT2D eigenvalue weighted by molar-refractivity contribution is 0.108. The Hall–Kier alpha value is -0.730. The van der Waals surface area contributed by atoms with Crippen LogP contribution < -0.4 is 5.73 Å². The van der Waals surface area contributed by atoms with Crippen LogP contribution in [0.1, 0.15) is 39.2 Å². The summed E-state index contributed by atoms with van der Waals surface area (Å²) in [5.74, 6) is 0.839. The van der Waals surface area contributed by atoms with Crippen molar-refractivity contribution in [2.24, 2.45) is 11.3 Å². The van der Waals surface area contributed by atoms with E-state index in [1.165, 1.54) is 31.5 Å². The molecule has 0 aliphatic carbocycles. The number of hydrogen-bond donors (Lipinski definition) is 1. The van der Waals surface area contributed by atoms with Crippen molar-refractivity contribution >= 4 is 17.3 Å². The molecule has 0 atom stereocenters. The fraction of sp³-hybridized carbons (Fsp3) is 0.625. The van der Waals surface area contributed by atoms with Crippen LogP contribution in [0.3, 0.4) is 0 Å². The van der Waals surface area contributed by atoms with Gasteiger partial charge in [0.15, 0.2) is 0 Å². The summed E-state index contributed by atoms with van der Waals surface area (Å²) >= 11 is 5.94. The Morgan fingerprint density at radius 3 is 2.42 bits per heavy atom. The maximum Gasteiger partial charge on any atom is 0.0426 e. The predicted molar refractivity (Wildman–Crippen MR) is 83.3 cm³/mol. The molecule has 0 saturated carbocycles. The van der Waals surface area contributed by atoms with E-state index in [-0.39, 0.29) is 0 Å². The molecule has 0 aromatic heterocycles. The Morgan fingerprint density at radius 2 is 1.89 bits per heavy atom. The standard InChI is InChI=1S/C16H25ClN2/c1-16(2,3)13-6-8-19(9-7-13)11-12-4-5-14(17)10-15(12)18/h4-5,10,13H,6-9,11,18H2,1-3H3. The van der Waals surface area contributed by atoms with Crippen LogP contribution in [0, 0.1) is 11.3 Å². The molecule has 1 aliphatic rings. The zero-order chi connectivity index (χ0) is 14.0. The van der Waals surface area contributed by atoms with E-state index in [1.54, 1.807) is 0 Å². The summed E-state index contributed by atoms with van der Waals surface area (Å²) in [6, 6.07) is 5.82. The first-order chi connectivity index (χ1) is 8.86. The summed E-state index contributed by atoms with van der Waals surface area (Å²) in [7, 11) is 0. The van der Waals surface area contributed by atoms with Crippen LogP contribution in [-0.2, 0) is 6.54 Å². The molecule has 0 radical (unpaired) electrons. The van der Waals surface area contributed by atoms with E-state index >= 15 is 0 Å². The number of nitrogen functional groups attached to an aromatic ring is 1. The molecule has 2 nitrogen and oxygen atoms in total. The third-order valence-corrected chi connectivity index (χ3v) is 4.55. The molecule has 0 amide bonds. The van der Waals surface area contributed by atoms with Crippen LogP contribution in [0.15, 0.2) is 18.2 Å². The summed E-state index contributed by atoms with van der Waals surface area (Å²) in [5.41, 5.74) is 8.46. The Balaban J connectivity index is 1.92. The van der Waals surface area contributed by atoms with Gasteiger partial charge in [0.1, 0.15) is 0 Å². The van der Waals surface area contributed by atoms with Crippen molar-refractivity contribution < 1.29 is 0 Å². The molecule has 3 heteroatoms. The second-order valence-corrected chi connectivity index (χ2v) is 7.20. The Kier molecular flexibility index (Phi) is 4.42. The number of rotatable bonds is 2. The Morgan fingerprint density at radius 1 is 1.26 bits per heavy atom. The van der Waals surface area contributed by atoms with E-state index in [4.69, 9.17) is 17.3 Å². The minimum absolute atomic E-state index is 0.436. The number of likely N-dealkylation sites (tertiary alicyclic amines) is 1. The van der Waals surface area contributed by atoms with Crippen LogP contribution >= 0.6 is 11.6 Å². The van der Waals surface area contributed by atoms with E-state index in [0.717, 1.165) is 18.2 Å². The van der Waals surface area contributed by atoms with E-state index in [9.17, 15) is 0 Å². The van der Waals surface area contributed by atoms with E-state index in [2.05, 4.69) is 25.7 Å². The number of piperidine rings is 1. The maximum atomic E-state index is 6.02. The molecule has 1 heterocycles. The molecule has 1 aromatic rings. The molecule has 1 aliphatic heterocycles. The lowest BCUT2D eigenvalue weighted by Crippen LogP contribution is -2.37. The molecule has 0 spiro atoms. The van der Waals surface area contributed by atoms with Crippen molar-refractivity contribution in [1.29, 1.82) is 0 Å². The first-order valence-corrected chi connectivity index (χ1v) is 7.50. The van der Waals surface area contributed by atoms with Gasteiger partial charge in [-0.2, -0.15) is 0 Å². The van der Waals surface area contributed by atoms with Crippen LogP contribution in [-0.4, -0.2) is 18.0 Å². The Bertz CT molecular complexity index is 429. The highest BCUT2D eigenvalue weighted by molar-refractivity contribution is 6.30. The van der Waals surface area contributed by atoms with Crippen molar-refractivity contribution in [3.63, 3.8) is 0 Å². The molecule has 2 N–H and O–H groups in total. The lowest BCUT2D eigenvalue weighted by atomic mass is 9.75. The third-order valence-electron chi connectivity index (χ3n) is 4.31. The fourth-order valence-corrected chi connectivity index (χ4v) is 3.09. The largest absolute Gasteiger partial charge is 0.398 e. The molecule has 1 saturated heterocycles. The average molecular weight is 281 g/mol. The third kappa shape index (κ3) is 3.87. The van der Waals surface area contributed by atoms with Gasteiger partial charge < -0.3 is 5.73 Å². The quantitative estimate of drug-likeness (QED) is 0.824. The SMILES string of the molecule is CC(C)(C)C1CCN(Cc2ccc(Cl)cc2N)CC1. The molecule has 1 aromatic carbocycles. The van der Waals surface area contributed by atoms with Gasteiger partial charge in [0, 0.05) is 17.3 Å². The molecule has 1 fully saturated rings. The monoisotopic (exact) mass is 280 g/mol. The highest BCUT2D eigenvalue weighted by atomic mass is 35.5. The van der Waals surface area contributed by atoms with Crippen LogP contribution in [0.25, 0.3) is 0 Å². The number of anilines is 1. The summed E-state index contributed by atoms with van der Waals surface area (Å²) in [5, 5.41) is 0.715. The number of benzene rings is 1. The van der Waals surface area contributed by atoms with Gasteiger partial charge in [0.25, 0.3) is 0 Å². The highest BCUT2D eigenvalue weighted by Gasteiger charge is 2.28. The van der Waals surface area contributed by atoms with E-state index < -0.39 is 0 Å². The van der Waals surface area contributed by atoms with Crippen LogP contribution in [0.5, 0.6) is 0 Å². The minimum atomic E-state index is 0.436. The molecule has 19 heavy (non-hydrogen) atoms. The topological polar surface area (TPSA) is 29.3 Å². The fourth-order valence-electron chi connectivity index (χ4n) is 2.91. The predicted octanol–water partition coefficient (Wildman–Crippen LogP) is 4.18. The highest BCUT2D eigenvalue weighted by Crippen LogP contribution is 2.34. The molecular weight excluding hydrogens is 256 g/mol. The lowest BCUT2D eigenvalue weighted by Gasteiger charge is -2.38. The van der Waals surface area contributed by atoms with Crippen LogP contribution in [0.4, 0.5) is 5.69 Å². The van der Waals surface area contributed by atoms with Gasteiger partial charge in [-0.3, -0.25) is 4.90 Å². The number of nitrogens with zero attached hydrogens (tertiary/aromatic N) is 1. The van der Waals surface area contributed by atoms with Crippen molar-refractivity contribution in [2.45, 2.75) is 40.2 Å². The van der Waals surface area contributed by atoms with Crippen molar-refractivity contribution in [2.75, 3.05) is 18.8 Å². The average Bonchev–Trinajstić information content (AvgIpc) is 2.32. The zero-order valence-electron chi connectivity index (χ0n) is 12.2. The second-order valence-electron chi connectivity index (χ2n) is 6.76. The summed E-state index contributed by atoms with van der Waals surface area (Å²) in [6.45, 7) is 10.3. The molecule has 2 rings (SSSR count). The van der Waals surface area contributed by atoms with Crippen LogP contribution in [0.2, 0.25) is 5.02 Å². The van der Waals surface area contributed by atoms with Gasteiger partial charge >= 0.3 is 0 Å². The first-order valence-electron chi connectivity index (χ1n) is 7.12. The summed E-state index contributed by atoms with van der Waals surface area (Å²) < 4.78 is 0. The van der Waals surface area contributed by atoms with Gasteiger partial charge in [-0.05, 0) is 55.0 Å². The smallest absolute Gasteiger partial charge is 0.0426 e. The zero-order valence-corrected chi connectivity index (χ0v) is 13.0. The van der Waals surface area contributed by atoms with E-state index in [1.807, 2.05) is 18.2 Å². The number of hydrogen-bond acceptors (Lipinski definition) is 2.